The number of nitrogens with one attached hydrogen (secondary N) is 2. The number of benzene rings is 1. The summed E-state index contributed by atoms with van der Waals surface area (Å²) in [5, 5.41) is 6.29. The summed E-state index contributed by atoms with van der Waals surface area (Å²) in [5.41, 5.74) is -1.57. The highest BCUT2D eigenvalue weighted by atomic mass is 19.4. The molecule has 2 N–H and O–H groups in total. The fraction of sp³-hybridized carbons (Fsp3) is 0.632. The van der Waals surface area contributed by atoms with E-state index in [2.05, 4.69) is 10.6 Å². The molecule has 1 aromatic carbocycles. The third-order valence-electron chi connectivity index (χ3n) is 5.27. The highest BCUT2D eigenvalue weighted by molar-refractivity contribution is 5.79. The first-order chi connectivity index (χ1) is 12.2. The van der Waals surface area contributed by atoms with Gasteiger partial charge in [-0.1, -0.05) is 12.1 Å². The van der Waals surface area contributed by atoms with Gasteiger partial charge in [0.05, 0.1) is 11.1 Å². The predicted molar refractivity (Wildman–Crippen MR) is 91.7 cm³/mol. The number of rotatable bonds is 5. The Bertz CT molecular complexity index is 648. The van der Waals surface area contributed by atoms with Crippen molar-refractivity contribution in [1.82, 2.24) is 10.6 Å². The summed E-state index contributed by atoms with van der Waals surface area (Å²) < 4.78 is 44.5. The molecule has 0 bridgehead atoms. The Morgan fingerprint density at radius 1 is 1.19 bits per heavy atom. The van der Waals surface area contributed by atoms with Gasteiger partial charge in [0.2, 0.25) is 5.91 Å². The van der Waals surface area contributed by atoms with Crippen molar-refractivity contribution in [1.29, 1.82) is 0 Å². The van der Waals surface area contributed by atoms with E-state index >= 15 is 0 Å². The van der Waals surface area contributed by atoms with Crippen LogP contribution in [0.5, 0.6) is 5.75 Å². The lowest BCUT2D eigenvalue weighted by molar-refractivity contribution is -0.139. The van der Waals surface area contributed by atoms with E-state index in [4.69, 9.17) is 4.74 Å². The number of carbonyl (C=O) groups excluding carboxylic acids is 1. The molecule has 1 heterocycles. The number of fused-ring (bicyclic) bond motifs is 1. The van der Waals surface area contributed by atoms with Gasteiger partial charge in [0.1, 0.15) is 12.4 Å². The topological polar surface area (TPSA) is 50.4 Å². The fourth-order valence-electron chi connectivity index (χ4n) is 3.94. The summed E-state index contributed by atoms with van der Waals surface area (Å²) in [7, 11) is 0. The number of para-hydroxylation sites is 1. The Labute approximate surface area is 151 Å². The summed E-state index contributed by atoms with van der Waals surface area (Å²) in [6, 6.07) is 5.12. The van der Waals surface area contributed by atoms with Crippen molar-refractivity contribution in [2.24, 2.45) is 17.8 Å². The molecule has 1 aliphatic carbocycles. The molecule has 1 saturated carbocycles. The molecule has 1 saturated heterocycles. The van der Waals surface area contributed by atoms with Gasteiger partial charge >= 0.3 is 6.18 Å². The first-order valence-corrected chi connectivity index (χ1v) is 8.97. The van der Waals surface area contributed by atoms with Gasteiger partial charge in [-0.15, -0.1) is 0 Å². The number of carbonyl (C=O) groups is 1. The summed E-state index contributed by atoms with van der Waals surface area (Å²) in [4.78, 5) is 12.6. The van der Waals surface area contributed by atoms with Gasteiger partial charge in [0.25, 0.3) is 0 Å². The number of ether oxygens (including phenoxy) is 1. The molecule has 1 amide bonds. The van der Waals surface area contributed by atoms with E-state index in [-0.39, 0.29) is 24.2 Å². The van der Waals surface area contributed by atoms with E-state index in [0.29, 0.717) is 11.8 Å². The molecule has 3 rings (SSSR count). The molecule has 3 atom stereocenters. The summed E-state index contributed by atoms with van der Waals surface area (Å²) in [6.45, 7) is 5.42. The maximum absolute atomic E-state index is 13.0. The highest BCUT2D eigenvalue weighted by Gasteiger charge is 2.41. The first kappa shape index (κ1) is 19.0. The van der Waals surface area contributed by atoms with E-state index in [1.807, 2.05) is 0 Å². The largest absolute Gasteiger partial charge is 0.491 e. The van der Waals surface area contributed by atoms with Crippen molar-refractivity contribution >= 4 is 5.91 Å². The Morgan fingerprint density at radius 2 is 1.81 bits per heavy atom. The van der Waals surface area contributed by atoms with E-state index in [1.54, 1.807) is 13.8 Å². The third kappa shape index (κ3) is 4.31. The van der Waals surface area contributed by atoms with Crippen LogP contribution in [0.15, 0.2) is 24.3 Å². The molecule has 0 unspecified atom stereocenters. The van der Waals surface area contributed by atoms with E-state index in [1.165, 1.54) is 18.2 Å². The number of alkyl halides is 3. The van der Waals surface area contributed by atoms with Gasteiger partial charge in [-0.05, 0) is 63.7 Å². The summed E-state index contributed by atoms with van der Waals surface area (Å²) in [5.74, 6) is 0.849. The lowest BCUT2D eigenvalue weighted by atomic mass is 10.0. The van der Waals surface area contributed by atoms with E-state index < -0.39 is 17.3 Å². The predicted octanol–water partition coefficient (Wildman–Crippen LogP) is 3.22. The van der Waals surface area contributed by atoms with E-state index in [0.717, 1.165) is 32.0 Å². The zero-order chi connectivity index (χ0) is 18.9. The first-order valence-electron chi connectivity index (χ1n) is 8.97. The normalized spacial score (nSPS) is 25.8. The second-order valence-electron chi connectivity index (χ2n) is 8.00. The lowest BCUT2D eigenvalue weighted by Gasteiger charge is -2.28. The zero-order valence-electron chi connectivity index (χ0n) is 15.0. The monoisotopic (exact) mass is 370 g/mol. The molecule has 2 aliphatic rings. The van der Waals surface area contributed by atoms with Crippen LogP contribution < -0.4 is 15.4 Å². The van der Waals surface area contributed by atoms with Crippen molar-refractivity contribution in [3.63, 3.8) is 0 Å². The Balaban J connectivity index is 1.57. The van der Waals surface area contributed by atoms with Gasteiger partial charge in [-0.3, -0.25) is 4.79 Å². The number of amides is 1. The van der Waals surface area contributed by atoms with Gasteiger partial charge in [0.15, 0.2) is 0 Å². The smallest absolute Gasteiger partial charge is 0.419 e. The average molecular weight is 370 g/mol. The molecular weight excluding hydrogens is 345 g/mol. The number of halogens is 3. The molecule has 26 heavy (non-hydrogen) atoms. The van der Waals surface area contributed by atoms with Crippen LogP contribution in [-0.2, 0) is 11.0 Å². The van der Waals surface area contributed by atoms with Crippen LogP contribution in [0.2, 0.25) is 0 Å². The van der Waals surface area contributed by atoms with Gasteiger partial charge < -0.3 is 15.4 Å². The van der Waals surface area contributed by atoms with Gasteiger partial charge in [0, 0.05) is 5.92 Å². The third-order valence-corrected chi connectivity index (χ3v) is 5.27. The van der Waals surface area contributed by atoms with Crippen LogP contribution in [0.3, 0.4) is 0 Å². The zero-order valence-corrected chi connectivity index (χ0v) is 15.0. The van der Waals surface area contributed by atoms with Crippen molar-refractivity contribution in [3.05, 3.63) is 29.8 Å². The number of hydrogen-bond acceptors (Lipinski definition) is 3. The Kier molecular flexibility index (Phi) is 5.19. The average Bonchev–Trinajstić information content (AvgIpc) is 3.13. The molecule has 2 fully saturated rings. The summed E-state index contributed by atoms with van der Waals surface area (Å²) >= 11 is 0. The number of hydrogen-bond donors (Lipinski definition) is 2. The van der Waals surface area contributed by atoms with Crippen LogP contribution >= 0.6 is 0 Å². The molecule has 0 aromatic heterocycles. The van der Waals surface area contributed by atoms with Crippen molar-refractivity contribution in [3.8, 4) is 5.75 Å². The molecule has 144 valence electrons. The minimum absolute atomic E-state index is 0.0196. The molecule has 7 heteroatoms. The second kappa shape index (κ2) is 7.10. The molecule has 4 nitrogen and oxygen atoms in total. The minimum atomic E-state index is -4.47. The van der Waals surface area contributed by atoms with Gasteiger partial charge in [-0.25, -0.2) is 0 Å². The van der Waals surface area contributed by atoms with Crippen molar-refractivity contribution in [2.45, 2.75) is 38.4 Å². The molecule has 1 aliphatic heterocycles. The Morgan fingerprint density at radius 3 is 2.42 bits per heavy atom. The van der Waals surface area contributed by atoms with Crippen LogP contribution in [0.4, 0.5) is 13.2 Å². The SMILES string of the molecule is CC(C)(COc1ccccc1C(F)(F)F)NC(=O)[C@@H]1C[C@H]2CNC[C@H]2C1. The molecule has 0 radical (unpaired) electrons. The van der Waals surface area contributed by atoms with Crippen LogP contribution in [0, 0.1) is 17.8 Å². The quantitative estimate of drug-likeness (QED) is 0.837. The van der Waals surface area contributed by atoms with Crippen molar-refractivity contribution in [2.75, 3.05) is 19.7 Å². The maximum Gasteiger partial charge on any atom is 0.419 e. The van der Waals surface area contributed by atoms with Crippen molar-refractivity contribution < 1.29 is 22.7 Å². The van der Waals surface area contributed by atoms with Crippen LogP contribution in [0.1, 0.15) is 32.3 Å². The summed E-state index contributed by atoms with van der Waals surface area (Å²) in [6.07, 6.45) is -2.73. The Hall–Kier alpha value is -1.76. The van der Waals surface area contributed by atoms with Crippen LogP contribution in [-0.4, -0.2) is 31.1 Å². The molecular formula is C19H25F3N2O2. The van der Waals surface area contributed by atoms with E-state index in [9.17, 15) is 18.0 Å². The molecule has 0 spiro atoms. The molecule has 1 aromatic rings. The second-order valence-corrected chi connectivity index (χ2v) is 8.00. The lowest BCUT2D eigenvalue weighted by Crippen LogP contribution is -2.49. The maximum atomic E-state index is 13.0. The fourth-order valence-corrected chi connectivity index (χ4v) is 3.94. The van der Waals surface area contributed by atoms with Crippen LogP contribution in [0.25, 0.3) is 0 Å². The highest BCUT2D eigenvalue weighted by Crippen LogP contribution is 2.39. The standard InChI is InChI=1S/C19H25F3N2O2/c1-18(2,11-26-16-6-4-3-5-15(16)19(20,21)22)24-17(25)12-7-13-9-23-10-14(13)8-12/h3-6,12-14,23H,7-11H2,1-2H3,(H,24,25)/t12-,13+,14-. The van der Waals surface area contributed by atoms with Gasteiger partial charge in [-0.2, -0.15) is 13.2 Å². The minimum Gasteiger partial charge on any atom is -0.491 e.